The molecule has 2 heterocycles. The van der Waals surface area contributed by atoms with Gasteiger partial charge in [0.25, 0.3) is 0 Å². The fourth-order valence-corrected chi connectivity index (χ4v) is 5.80. The Morgan fingerprint density at radius 3 is 2.42 bits per heavy atom. The van der Waals surface area contributed by atoms with Gasteiger partial charge in [-0.05, 0) is 48.9 Å². The van der Waals surface area contributed by atoms with Gasteiger partial charge in [-0.3, -0.25) is 15.2 Å². The number of cyclic esters (lactones) is 1. The SMILES string of the molecule is Cc1ccc(N)cc1S(=O)(=O)N1CCN(CC2CN(c3ccc(C(=N)N)cc3)C(=O)O2)CC1. The van der Waals surface area contributed by atoms with Crippen molar-refractivity contribution >= 4 is 33.3 Å². The molecule has 2 aliphatic rings. The van der Waals surface area contributed by atoms with E-state index in [0.717, 1.165) is 0 Å². The standard InChI is InChI=1S/C22H28N6O4S/c1-15-2-5-17(23)12-20(15)33(30,31)27-10-8-26(9-11-27)13-19-14-28(22(29)32-19)18-6-3-16(4-7-18)21(24)25/h2-7,12,19H,8-11,13-14,23H2,1H3,(H3,24,25). The molecular formula is C22H28N6O4S. The maximum Gasteiger partial charge on any atom is 0.414 e. The normalized spacial score (nSPS) is 20.1. The zero-order valence-electron chi connectivity index (χ0n) is 18.4. The molecule has 2 aromatic carbocycles. The molecular weight excluding hydrogens is 444 g/mol. The summed E-state index contributed by atoms with van der Waals surface area (Å²) in [4.78, 5) is 16.3. The predicted molar refractivity (Wildman–Crippen MR) is 126 cm³/mol. The van der Waals surface area contributed by atoms with Crippen LogP contribution in [0.5, 0.6) is 0 Å². The molecule has 4 rings (SSSR count). The van der Waals surface area contributed by atoms with E-state index in [1.54, 1.807) is 48.2 Å². The van der Waals surface area contributed by atoms with Crippen molar-refractivity contribution in [3.8, 4) is 0 Å². The second-order valence-corrected chi connectivity index (χ2v) is 10.2. The first-order chi connectivity index (χ1) is 15.6. The fraction of sp³-hybridized carbons (Fsp3) is 0.364. The first kappa shape index (κ1) is 23.0. The van der Waals surface area contributed by atoms with Crippen LogP contribution in [0.15, 0.2) is 47.4 Å². The summed E-state index contributed by atoms with van der Waals surface area (Å²) in [6.07, 6.45) is -0.738. The molecule has 0 bridgehead atoms. The molecule has 2 saturated heterocycles. The first-order valence-electron chi connectivity index (χ1n) is 10.7. The van der Waals surface area contributed by atoms with E-state index in [1.807, 2.05) is 0 Å². The molecule has 2 fully saturated rings. The van der Waals surface area contributed by atoms with Crippen LogP contribution < -0.4 is 16.4 Å². The van der Waals surface area contributed by atoms with Crippen LogP contribution >= 0.6 is 0 Å². The van der Waals surface area contributed by atoms with Gasteiger partial charge < -0.3 is 16.2 Å². The number of carbonyl (C=O) groups excluding carboxylic acids is 1. The van der Waals surface area contributed by atoms with Crippen molar-refractivity contribution in [1.29, 1.82) is 5.41 Å². The number of piperazine rings is 1. The number of carbonyl (C=O) groups is 1. The van der Waals surface area contributed by atoms with E-state index in [9.17, 15) is 13.2 Å². The summed E-state index contributed by atoms with van der Waals surface area (Å²) in [6, 6.07) is 11.8. The molecule has 0 saturated carbocycles. The number of nitrogens with one attached hydrogen (secondary N) is 1. The topological polar surface area (TPSA) is 146 Å². The van der Waals surface area contributed by atoms with E-state index in [0.29, 0.717) is 61.8 Å². The molecule has 0 aromatic heterocycles. The molecule has 2 aromatic rings. The molecule has 33 heavy (non-hydrogen) atoms. The lowest BCUT2D eigenvalue weighted by molar-refractivity contribution is 0.0937. The molecule has 1 atom stereocenters. The first-order valence-corrected chi connectivity index (χ1v) is 12.1. The Bertz CT molecular complexity index is 1160. The molecule has 5 N–H and O–H groups in total. The van der Waals surface area contributed by atoms with Crippen LogP contribution in [0.2, 0.25) is 0 Å². The summed E-state index contributed by atoms with van der Waals surface area (Å²) in [5.41, 5.74) is 13.6. The monoisotopic (exact) mass is 472 g/mol. The van der Waals surface area contributed by atoms with Gasteiger partial charge in [-0.25, -0.2) is 13.2 Å². The van der Waals surface area contributed by atoms with Crippen molar-refractivity contribution in [2.75, 3.05) is 49.9 Å². The Hall–Kier alpha value is -3.15. The van der Waals surface area contributed by atoms with E-state index < -0.39 is 16.1 Å². The highest BCUT2D eigenvalue weighted by molar-refractivity contribution is 7.89. The summed E-state index contributed by atoms with van der Waals surface area (Å²) >= 11 is 0. The van der Waals surface area contributed by atoms with Crippen molar-refractivity contribution in [2.45, 2.75) is 17.9 Å². The van der Waals surface area contributed by atoms with Gasteiger partial charge >= 0.3 is 6.09 Å². The Kier molecular flexibility index (Phi) is 6.28. The second-order valence-electron chi connectivity index (χ2n) is 8.31. The number of nitrogens with two attached hydrogens (primary N) is 2. The lowest BCUT2D eigenvalue weighted by Crippen LogP contribution is -2.50. The second kappa shape index (κ2) is 9.00. The summed E-state index contributed by atoms with van der Waals surface area (Å²) in [5, 5.41) is 7.47. The maximum absolute atomic E-state index is 13.1. The number of amides is 1. The number of hydrogen-bond acceptors (Lipinski definition) is 7. The maximum atomic E-state index is 13.1. The van der Waals surface area contributed by atoms with Gasteiger partial charge in [-0.2, -0.15) is 4.31 Å². The summed E-state index contributed by atoms with van der Waals surface area (Å²) in [5.74, 6) is -0.0320. The van der Waals surface area contributed by atoms with Gasteiger partial charge in [0.15, 0.2) is 0 Å². The highest BCUT2D eigenvalue weighted by Crippen LogP contribution is 2.25. The van der Waals surface area contributed by atoms with Gasteiger partial charge in [-0.15, -0.1) is 0 Å². The van der Waals surface area contributed by atoms with Crippen LogP contribution in [0.25, 0.3) is 0 Å². The average Bonchev–Trinajstić information content (AvgIpc) is 3.15. The molecule has 1 amide bonds. The third kappa shape index (κ3) is 4.80. The number of sulfonamides is 1. The zero-order chi connectivity index (χ0) is 23.8. The Labute approximate surface area is 193 Å². The van der Waals surface area contributed by atoms with E-state index in [-0.39, 0.29) is 16.8 Å². The van der Waals surface area contributed by atoms with Crippen LogP contribution in [-0.2, 0) is 14.8 Å². The van der Waals surface area contributed by atoms with Crippen LogP contribution in [0, 0.1) is 12.3 Å². The van der Waals surface area contributed by atoms with Gasteiger partial charge in [0, 0.05) is 49.7 Å². The van der Waals surface area contributed by atoms with Gasteiger partial charge in [0.05, 0.1) is 11.4 Å². The minimum atomic E-state index is -3.62. The van der Waals surface area contributed by atoms with Crippen LogP contribution in [-0.4, -0.2) is 74.9 Å². The number of amidine groups is 1. The van der Waals surface area contributed by atoms with E-state index in [2.05, 4.69) is 4.90 Å². The Morgan fingerprint density at radius 1 is 1.12 bits per heavy atom. The number of benzene rings is 2. The largest absolute Gasteiger partial charge is 0.443 e. The van der Waals surface area contributed by atoms with E-state index in [4.69, 9.17) is 21.6 Å². The van der Waals surface area contributed by atoms with Crippen molar-refractivity contribution in [3.05, 3.63) is 53.6 Å². The quantitative estimate of drug-likeness (QED) is 0.325. The fourth-order valence-electron chi connectivity index (χ4n) is 4.12. The molecule has 0 spiro atoms. The minimum absolute atomic E-state index is 0.0320. The smallest absolute Gasteiger partial charge is 0.414 e. The molecule has 1 unspecified atom stereocenters. The number of nitrogens with zero attached hydrogens (tertiary/aromatic N) is 3. The Morgan fingerprint density at radius 2 is 1.79 bits per heavy atom. The summed E-state index contributed by atoms with van der Waals surface area (Å²) in [6.45, 7) is 4.49. The Balaban J connectivity index is 1.34. The number of anilines is 2. The number of hydrogen-bond donors (Lipinski definition) is 3. The van der Waals surface area contributed by atoms with Crippen molar-refractivity contribution in [3.63, 3.8) is 0 Å². The van der Waals surface area contributed by atoms with Crippen LogP contribution in [0.3, 0.4) is 0 Å². The molecule has 2 aliphatic heterocycles. The lowest BCUT2D eigenvalue weighted by Gasteiger charge is -2.35. The van der Waals surface area contributed by atoms with Gasteiger partial charge in [0.1, 0.15) is 11.9 Å². The molecule has 0 radical (unpaired) electrons. The number of nitrogen functional groups attached to an aromatic ring is 2. The molecule has 176 valence electrons. The van der Waals surface area contributed by atoms with Crippen molar-refractivity contribution < 1.29 is 17.9 Å². The predicted octanol–water partition coefficient (Wildman–Crippen LogP) is 1.19. The van der Waals surface area contributed by atoms with Gasteiger partial charge in [0.2, 0.25) is 10.0 Å². The van der Waals surface area contributed by atoms with E-state index >= 15 is 0 Å². The third-order valence-electron chi connectivity index (χ3n) is 5.99. The zero-order valence-corrected chi connectivity index (χ0v) is 19.2. The average molecular weight is 473 g/mol. The van der Waals surface area contributed by atoms with Crippen LogP contribution in [0.1, 0.15) is 11.1 Å². The molecule has 10 nitrogen and oxygen atoms in total. The number of rotatable bonds is 6. The van der Waals surface area contributed by atoms with Crippen molar-refractivity contribution in [2.24, 2.45) is 5.73 Å². The highest BCUT2D eigenvalue weighted by Gasteiger charge is 2.35. The summed E-state index contributed by atoms with van der Waals surface area (Å²) < 4.78 is 33.2. The number of ether oxygens (including phenoxy) is 1. The number of aryl methyl sites for hydroxylation is 1. The lowest BCUT2D eigenvalue weighted by atomic mass is 10.2. The molecule has 0 aliphatic carbocycles. The summed E-state index contributed by atoms with van der Waals surface area (Å²) in [7, 11) is -3.62. The third-order valence-corrected chi connectivity index (χ3v) is 8.03. The highest BCUT2D eigenvalue weighted by atomic mass is 32.2. The van der Waals surface area contributed by atoms with Crippen LogP contribution in [0.4, 0.5) is 16.2 Å². The van der Waals surface area contributed by atoms with Gasteiger partial charge in [-0.1, -0.05) is 6.07 Å². The van der Waals surface area contributed by atoms with Crippen molar-refractivity contribution in [1.82, 2.24) is 9.21 Å². The minimum Gasteiger partial charge on any atom is -0.443 e. The van der Waals surface area contributed by atoms with E-state index in [1.165, 1.54) is 10.4 Å². The molecule has 11 heteroatoms.